The molecule has 1 aromatic heterocycles. The number of anilines is 1. The number of hydrogen-bond acceptors (Lipinski definition) is 7. The monoisotopic (exact) mass is 625 g/mol. The van der Waals surface area contributed by atoms with Gasteiger partial charge in [0.25, 0.3) is 5.91 Å². The lowest BCUT2D eigenvalue weighted by molar-refractivity contribution is -0.117. The SMILES string of the molecule is COc1ccc(-c2csc(N3N=C(C)[C@@H](N=Nc4c(Br)cc(Br)cc4Br)C3=O)n2)cc1. The average Bonchev–Trinajstić information content (AvgIpc) is 3.33. The number of carbonyl (C=O) groups excluding carboxylic acids is 1. The molecule has 0 saturated heterocycles. The predicted octanol–water partition coefficient (Wildman–Crippen LogP) is 6.98. The number of thiazole rings is 1. The molecule has 0 aliphatic carbocycles. The van der Waals surface area contributed by atoms with Gasteiger partial charge in [-0.1, -0.05) is 15.9 Å². The van der Waals surface area contributed by atoms with E-state index >= 15 is 0 Å². The number of hydrogen-bond donors (Lipinski definition) is 0. The number of rotatable bonds is 5. The number of azo groups is 1. The van der Waals surface area contributed by atoms with Gasteiger partial charge in [0, 0.05) is 24.4 Å². The molecule has 0 radical (unpaired) electrons. The minimum atomic E-state index is -0.796. The van der Waals surface area contributed by atoms with Crippen molar-refractivity contribution in [1.29, 1.82) is 0 Å². The van der Waals surface area contributed by atoms with Crippen LogP contribution in [0, 0.1) is 0 Å². The first kappa shape index (κ1) is 22.3. The molecule has 7 nitrogen and oxygen atoms in total. The summed E-state index contributed by atoms with van der Waals surface area (Å²) in [5.74, 6) is 0.479. The molecule has 0 unspecified atom stereocenters. The lowest BCUT2D eigenvalue weighted by atomic mass is 10.2. The van der Waals surface area contributed by atoms with Crippen LogP contribution in [0.4, 0.5) is 10.8 Å². The van der Waals surface area contributed by atoms with Crippen molar-refractivity contribution in [1.82, 2.24) is 4.98 Å². The molecule has 1 aliphatic rings. The van der Waals surface area contributed by atoms with E-state index in [2.05, 4.69) is 68.1 Å². The van der Waals surface area contributed by atoms with Crippen molar-refractivity contribution >= 4 is 81.6 Å². The Kier molecular flexibility index (Phi) is 6.65. The maximum atomic E-state index is 13.0. The lowest BCUT2D eigenvalue weighted by Crippen LogP contribution is -2.29. The molecule has 1 amide bonds. The van der Waals surface area contributed by atoms with Crippen molar-refractivity contribution in [3.63, 3.8) is 0 Å². The maximum Gasteiger partial charge on any atom is 0.282 e. The summed E-state index contributed by atoms with van der Waals surface area (Å²) in [7, 11) is 1.62. The average molecular weight is 628 g/mol. The fourth-order valence-electron chi connectivity index (χ4n) is 2.83. The van der Waals surface area contributed by atoms with Crippen LogP contribution in [0.25, 0.3) is 11.3 Å². The van der Waals surface area contributed by atoms with Crippen LogP contribution in [0.1, 0.15) is 6.92 Å². The van der Waals surface area contributed by atoms with Gasteiger partial charge in [0.1, 0.15) is 11.4 Å². The zero-order valence-electron chi connectivity index (χ0n) is 16.2. The van der Waals surface area contributed by atoms with Crippen LogP contribution in [0.3, 0.4) is 0 Å². The van der Waals surface area contributed by atoms with Crippen molar-refractivity contribution in [3.05, 3.63) is 55.2 Å². The quantitative estimate of drug-likeness (QED) is 0.286. The standard InChI is InChI=1S/C20H14Br3N5O2S/c1-10-17(25-26-18-14(22)7-12(21)8-15(18)23)19(29)28(27-10)20-24-16(9-31-20)11-3-5-13(30-2)6-4-11/h3-9,17H,1-2H3/t17-/m1/s1. The van der Waals surface area contributed by atoms with Gasteiger partial charge in [0.2, 0.25) is 5.13 Å². The fraction of sp³-hybridized carbons (Fsp3) is 0.150. The summed E-state index contributed by atoms with van der Waals surface area (Å²) < 4.78 is 7.58. The number of hydrazone groups is 1. The summed E-state index contributed by atoms with van der Waals surface area (Å²) in [4.78, 5) is 17.5. The fourth-order valence-corrected chi connectivity index (χ4v) is 6.03. The third-order valence-electron chi connectivity index (χ3n) is 4.41. The van der Waals surface area contributed by atoms with E-state index < -0.39 is 6.04 Å². The Labute approximate surface area is 207 Å². The molecule has 3 aromatic rings. The second-order valence-electron chi connectivity index (χ2n) is 6.47. The number of aromatic nitrogens is 1. The second-order valence-corrected chi connectivity index (χ2v) is 9.93. The molecule has 158 valence electrons. The van der Waals surface area contributed by atoms with Gasteiger partial charge in [-0.3, -0.25) is 4.79 Å². The summed E-state index contributed by atoms with van der Waals surface area (Å²) in [5.41, 5.74) is 2.84. The summed E-state index contributed by atoms with van der Waals surface area (Å²) in [6, 6.07) is 10.5. The van der Waals surface area contributed by atoms with E-state index in [1.54, 1.807) is 14.0 Å². The minimum Gasteiger partial charge on any atom is -0.497 e. The molecular weight excluding hydrogens is 614 g/mol. The molecule has 0 fully saturated rings. The predicted molar refractivity (Wildman–Crippen MR) is 133 cm³/mol. The molecule has 0 saturated carbocycles. The van der Waals surface area contributed by atoms with Gasteiger partial charge in [-0.2, -0.15) is 20.3 Å². The van der Waals surface area contributed by atoms with Gasteiger partial charge in [-0.15, -0.1) is 11.3 Å². The van der Waals surface area contributed by atoms with Crippen LogP contribution in [0.15, 0.2) is 70.5 Å². The Morgan fingerprint density at radius 3 is 2.45 bits per heavy atom. The first-order valence-electron chi connectivity index (χ1n) is 8.92. The number of benzene rings is 2. The molecule has 2 heterocycles. The number of ether oxygens (including phenoxy) is 1. The largest absolute Gasteiger partial charge is 0.497 e. The smallest absolute Gasteiger partial charge is 0.282 e. The van der Waals surface area contributed by atoms with Crippen LogP contribution in [0.2, 0.25) is 0 Å². The highest BCUT2D eigenvalue weighted by molar-refractivity contribution is 9.11. The van der Waals surface area contributed by atoms with Crippen LogP contribution in [0.5, 0.6) is 5.75 Å². The highest BCUT2D eigenvalue weighted by atomic mass is 79.9. The highest BCUT2D eigenvalue weighted by Crippen LogP contribution is 2.37. The number of halogens is 3. The minimum absolute atomic E-state index is 0.291. The highest BCUT2D eigenvalue weighted by Gasteiger charge is 2.36. The topological polar surface area (TPSA) is 79.5 Å². The molecule has 4 rings (SSSR count). The normalized spacial score (nSPS) is 16.3. The van der Waals surface area contributed by atoms with Crippen molar-refractivity contribution in [2.45, 2.75) is 13.0 Å². The van der Waals surface area contributed by atoms with E-state index in [9.17, 15) is 4.79 Å². The molecule has 11 heteroatoms. The first-order chi connectivity index (χ1) is 14.9. The van der Waals surface area contributed by atoms with Crippen molar-refractivity contribution in [3.8, 4) is 17.0 Å². The van der Waals surface area contributed by atoms with Crippen molar-refractivity contribution < 1.29 is 9.53 Å². The Hall–Kier alpha value is -1.95. The van der Waals surface area contributed by atoms with E-state index in [0.29, 0.717) is 16.5 Å². The van der Waals surface area contributed by atoms with E-state index in [0.717, 1.165) is 30.4 Å². The van der Waals surface area contributed by atoms with Gasteiger partial charge in [0.05, 0.1) is 18.5 Å². The number of nitrogens with zero attached hydrogens (tertiary/aromatic N) is 5. The number of amides is 1. The summed E-state index contributed by atoms with van der Waals surface area (Å²) in [5, 5.41) is 16.6. The molecular formula is C20H14Br3N5O2S. The Morgan fingerprint density at radius 1 is 1.13 bits per heavy atom. The van der Waals surface area contributed by atoms with Crippen LogP contribution < -0.4 is 9.75 Å². The molecule has 0 bridgehead atoms. The molecule has 0 N–H and O–H groups in total. The molecule has 0 spiro atoms. The maximum absolute atomic E-state index is 13.0. The molecule has 31 heavy (non-hydrogen) atoms. The van der Waals surface area contributed by atoms with Crippen LogP contribution >= 0.6 is 59.1 Å². The van der Waals surface area contributed by atoms with Crippen LogP contribution in [-0.4, -0.2) is 29.8 Å². The van der Waals surface area contributed by atoms with Crippen molar-refractivity contribution in [2.24, 2.45) is 15.3 Å². The molecule has 2 aromatic carbocycles. The Morgan fingerprint density at radius 2 is 1.81 bits per heavy atom. The third-order valence-corrected chi connectivity index (χ3v) is 6.89. The van der Waals surface area contributed by atoms with Gasteiger partial charge >= 0.3 is 0 Å². The van der Waals surface area contributed by atoms with E-state index in [4.69, 9.17) is 4.74 Å². The number of methoxy groups -OCH3 is 1. The Bertz CT molecular complexity index is 1190. The summed E-state index contributed by atoms with van der Waals surface area (Å²) in [6.45, 7) is 1.76. The lowest BCUT2D eigenvalue weighted by Gasteiger charge is -2.08. The zero-order valence-corrected chi connectivity index (χ0v) is 21.8. The van der Waals surface area contributed by atoms with Gasteiger partial charge in [0.15, 0.2) is 6.04 Å². The molecule has 1 atom stereocenters. The van der Waals surface area contributed by atoms with Crippen molar-refractivity contribution in [2.75, 3.05) is 12.1 Å². The summed E-state index contributed by atoms with van der Waals surface area (Å²) >= 11 is 11.7. The zero-order chi connectivity index (χ0) is 22.1. The third kappa shape index (κ3) is 4.64. The Balaban J connectivity index is 1.55. The van der Waals surface area contributed by atoms with E-state index in [1.807, 2.05) is 41.8 Å². The van der Waals surface area contributed by atoms with Gasteiger partial charge in [-0.25, -0.2) is 4.98 Å². The number of carbonyl (C=O) groups is 1. The first-order valence-corrected chi connectivity index (χ1v) is 12.2. The van der Waals surface area contributed by atoms with E-state index in [1.165, 1.54) is 16.3 Å². The second kappa shape index (κ2) is 9.27. The van der Waals surface area contributed by atoms with Crippen LogP contribution in [-0.2, 0) is 4.79 Å². The van der Waals surface area contributed by atoms with E-state index in [-0.39, 0.29) is 5.91 Å². The van der Waals surface area contributed by atoms with Gasteiger partial charge in [-0.05, 0) is 75.2 Å². The van der Waals surface area contributed by atoms with Gasteiger partial charge < -0.3 is 4.74 Å². The summed E-state index contributed by atoms with van der Waals surface area (Å²) in [6.07, 6.45) is 0. The molecule has 1 aliphatic heterocycles.